The number of hydrogen-bond donors (Lipinski definition) is 1. The van der Waals surface area contributed by atoms with Crippen molar-refractivity contribution < 1.29 is 13.9 Å². The van der Waals surface area contributed by atoms with E-state index in [1.807, 2.05) is 42.5 Å². The first-order valence-electron chi connectivity index (χ1n) is 11.0. The topological polar surface area (TPSA) is 121 Å². The molecular weight excluding hydrogens is 478 g/mol. The Bertz CT molecular complexity index is 1440. The maximum Gasteiger partial charge on any atom is 0.247 e. The van der Waals surface area contributed by atoms with Gasteiger partial charge in [0.1, 0.15) is 12.3 Å². The van der Waals surface area contributed by atoms with Crippen LogP contribution in [-0.4, -0.2) is 48.7 Å². The highest BCUT2D eigenvalue weighted by atomic mass is 32.2. The van der Waals surface area contributed by atoms with E-state index in [9.17, 15) is 4.79 Å². The zero-order valence-electron chi connectivity index (χ0n) is 19.2. The number of anilines is 1. The quantitative estimate of drug-likeness (QED) is 0.298. The molecule has 0 spiro atoms. The minimum atomic E-state index is -0.172. The summed E-state index contributed by atoms with van der Waals surface area (Å²) in [6.07, 6.45) is 3.35. The molecule has 5 rings (SSSR count). The summed E-state index contributed by atoms with van der Waals surface area (Å²) in [5.74, 6) is 2.00. The molecular formula is C25H21N7O3S. The Labute approximate surface area is 210 Å². The Kier molecular flexibility index (Phi) is 6.99. The molecule has 3 heterocycles. The molecule has 180 valence electrons. The molecule has 0 aliphatic rings. The number of benzene rings is 2. The van der Waals surface area contributed by atoms with Gasteiger partial charge in [-0.25, -0.2) is 9.67 Å². The van der Waals surface area contributed by atoms with E-state index in [2.05, 4.69) is 30.6 Å². The van der Waals surface area contributed by atoms with Gasteiger partial charge in [-0.1, -0.05) is 30.0 Å². The average molecular weight is 500 g/mol. The maximum absolute atomic E-state index is 12.6. The van der Waals surface area contributed by atoms with Crippen molar-refractivity contribution in [3.8, 4) is 28.6 Å². The lowest BCUT2D eigenvalue weighted by Gasteiger charge is -2.06. The van der Waals surface area contributed by atoms with Crippen molar-refractivity contribution in [2.24, 2.45) is 0 Å². The molecule has 0 unspecified atom stereocenters. The van der Waals surface area contributed by atoms with Gasteiger partial charge in [0, 0.05) is 29.2 Å². The lowest BCUT2D eigenvalue weighted by atomic mass is 10.2. The van der Waals surface area contributed by atoms with E-state index in [-0.39, 0.29) is 18.2 Å². The second kappa shape index (κ2) is 10.8. The number of pyridine rings is 1. The summed E-state index contributed by atoms with van der Waals surface area (Å²) >= 11 is 1.27. The van der Waals surface area contributed by atoms with Crippen LogP contribution < -0.4 is 10.1 Å². The predicted molar refractivity (Wildman–Crippen MR) is 134 cm³/mol. The third-order valence-electron chi connectivity index (χ3n) is 5.06. The molecule has 1 N–H and O–H groups in total. The van der Waals surface area contributed by atoms with E-state index < -0.39 is 0 Å². The lowest BCUT2D eigenvalue weighted by Crippen LogP contribution is -2.14. The Morgan fingerprint density at radius 2 is 1.78 bits per heavy atom. The van der Waals surface area contributed by atoms with Crippen molar-refractivity contribution in [3.63, 3.8) is 0 Å². The molecule has 0 bridgehead atoms. The average Bonchev–Trinajstić information content (AvgIpc) is 3.56. The molecule has 2 aromatic carbocycles. The van der Waals surface area contributed by atoms with E-state index in [0.29, 0.717) is 28.4 Å². The molecule has 0 saturated carbocycles. The number of carbonyl (C=O) groups is 1. The molecule has 11 heteroatoms. The summed E-state index contributed by atoms with van der Waals surface area (Å²) in [7, 11) is 1.59. The Morgan fingerprint density at radius 1 is 1.00 bits per heavy atom. The van der Waals surface area contributed by atoms with Gasteiger partial charge in [0.05, 0.1) is 12.9 Å². The van der Waals surface area contributed by atoms with Gasteiger partial charge in [-0.05, 0) is 48.5 Å². The number of aromatic nitrogens is 6. The first kappa shape index (κ1) is 23.2. The Balaban J connectivity index is 1.33. The van der Waals surface area contributed by atoms with Crippen LogP contribution in [0, 0.1) is 0 Å². The second-order valence-corrected chi connectivity index (χ2v) is 8.49. The van der Waals surface area contributed by atoms with Crippen LogP contribution in [0.3, 0.4) is 0 Å². The van der Waals surface area contributed by atoms with Gasteiger partial charge < -0.3 is 14.5 Å². The van der Waals surface area contributed by atoms with E-state index in [1.165, 1.54) is 11.8 Å². The van der Waals surface area contributed by atoms with Crippen LogP contribution in [0.25, 0.3) is 22.8 Å². The minimum absolute atomic E-state index is 0.138. The molecule has 0 aliphatic heterocycles. The van der Waals surface area contributed by atoms with Crippen LogP contribution in [0.5, 0.6) is 5.75 Å². The van der Waals surface area contributed by atoms with Gasteiger partial charge in [0.15, 0.2) is 11.0 Å². The highest BCUT2D eigenvalue weighted by Gasteiger charge is 2.17. The van der Waals surface area contributed by atoms with Gasteiger partial charge in [0.2, 0.25) is 17.7 Å². The number of methoxy groups -OCH3 is 1. The van der Waals surface area contributed by atoms with E-state index in [4.69, 9.17) is 9.15 Å². The third-order valence-corrected chi connectivity index (χ3v) is 6.02. The highest BCUT2D eigenvalue weighted by Crippen LogP contribution is 2.24. The fourth-order valence-electron chi connectivity index (χ4n) is 3.31. The van der Waals surface area contributed by atoms with E-state index in [0.717, 1.165) is 16.9 Å². The molecule has 0 radical (unpaired) electrons. The number of hydrogen-bond acceptors (Lipinski definition) is 9. The molecule has 0 aliphatic carbocycles. The molecule has 1 amide bonds. The Morgan fingerprint density at radius 3 is 2.53 bits per heavy atom. The van der Waals surface area contributed by atoms with Crippen LogP contribution in [-0.2, 0) is 11.3 Å². The first-order valence-corrected chi connectivity index (χ1v) is 12.0. The zero-order chi connectivity index (χ0) is 24.7. The van der Waals surface area contributed by atoms with Crippen LogP contribution in [0.15, 0.2) is 88.7 Å². The summed E-state index contributed by atoms with van der Waals surface area (Å²) in [6, 6.07) is 20.3. The molecule has 5 aromatic rings. The summed E-state index contributed by atoms with van der Waals surface area (Å²) in [5, 5.41) is 16.3. The molecule has 0 saturated heterocycles. The van der Waals surface area contributed by atoms with E-state index in [1.54, 1.807) is 48.5 Å². The summed E-state index contributed by atoms with van der Waals surface area (Å²) in [6.45, 7) is 0.209. The maximum atomic E-state index is 12.6. The zero-order valence-corrected chi connectivity index (χ0v) is 20.1. The molecule has 10 nitrogen and oxygen atoms in total. The summed E-state index contributed by atoms with van der Waals surface area (Å²) in [5.41, 5.74) is 2.32. The van der Waals surface area contributed by atoms with Crippen molar-refractivity contribution in [2.45, 2.75) is 11.7 Å². The van der Waals surface area contributed by atoms with Crippen LogP contribution in [0.4, 0.5) is 5.69 Å². The number of nitrogens with one attached hydrogen (secondary N) is 1. The van der Waals surface area contributed by atoms with Gasteiger partial charge in [-0.3, -0.25) is 9.78 Å². The van der Waals surface area contributed by atoms with E-state index >= 15 is 0 Å². The number of rotatable bonds is 9. The normalized spacial score (nSPS) is 10.8. The molecule has 36 heavy (non-hydrogen) atoms. The summed E-state index contributed by atoms with van der Waals surface area (Å²) in [4.78, 5) is 21.3. The number of amides is 1. The number of ether oxygens (including phenoxy) is 1. The van der Waals surface area contributed by atoms with Crippen LogP contribution in [0.2, 0.25) is 0 Å². The van der Waals surface area contributed by atoms with Crippen molar-refractivity contribution >= 4 is 23.4 Å². The van der Waals surface area contributed by atoms with Crippen LogP contribution in [0.1, 0.15) is 5.89 Å². The minimum Gasteiger partial charge on any atom is -0.497 e. The standard InChI is InChI=1S/C25H21N7O3S/c1-34-20-9-7-19(8-10-20)27-21(33)16-36-25-28-23(17-11-13-26-14-12-17)31-32(25)15-22-29-30-24(35-22)18-5-3-2-4-6-18/h2-14H,15-16H2,1H3,(H,27,33). The van der Waals surface area contributed by atoms with Gasteiger partial charge in [0.25, 0.3) is 0 Å². The highest BCUT2D eigenvalue weighted by molar-refractivity contribution is 7.99. The van der Waals surface area contributed by atoms with Crippen molar-refractivity contribution in [1.29, 1.82) is 0 Å². The van der Waals surface area contributed by atoms with Crippen LogP contribution >= 0.6 is 11.8 Å². The number of nitrogens with zero attached hydrogens (tertiary/aromatic N) is 6. The van der Waals surface area contributed by atoms with Crippen molar-refractivity contribution in [1.82, 2.24) is 29.9 Å². The van der Waals surface area contributed by atoms with Gasteiger partial charge in [-0.2, -0.15) is 0 Å². The molecule has 0 atom stereocenters. The fourth-order valence-corrected chi connectivity index (χ4v) is 4.04. The SMILES string of the molecule is COc1ccc(NC(=O)CSc2nc(-c3ccncc3)nn2Cc2nnc(-c3ccccc3)o2)cc1. The molecule has 3 aromatic heterocycles. The number of thioether (sulfide) groups is 1. The van der Waals surface area contributed by atoms with Crippen molar-refractivity contribution in [3.05, 3.63) is 85.0 Å². The number of carbonyl (C=O) groups excluding carboxylic acids is 1. The lowest BCUT2D eigenvalue weighted by molar-refractivity contribution is -0.113. The Hall–Kier alpha value is -4.51. The third kappa shape index (κ3) is 5.58. The van der Waals surface area contributed by atoms with Gasteiger partial charge in [-0.15, -0.1) is 15.3 Å². The first-order chi connectivity index (χ1) is 17.7. The predicted octanol–water partition coefficient (Wildman–Crippen LogP) is 4.18. The van der Waals surface area contributed by atoms with Gasteiger partial charge >= 0.3 is 0 Å². The fraction of sp³-hybridized carbons (Fsp3) is 0.120. The smallest absolute Gasteiger partial charge is 0.247 e. The second-order valence-electron chi connectivity index (χ2n) is 7.54. The summed E-state index contributed by atoms with van der Waals surface area (Å²) < 4.78 is 12.7. The van der Waals surface area contributed by atoms with Crippen molar-refractivity contribution in [2.75, 3.05) is 18.2 Å². The largest absolute Gasteiger partial charge is 0.497 e. The monoisotopic (exact) mass is 499 g/mol. The molecule has 0 fully saturated rings.